The first-order chi connectivity index (χ1) is 9.20. The van der Waals surface area contributed by atoms with Crippen molar-refractivity contribution in [3.63, 3.8) is 0 Å². The van der Waals surface area contributed by atoms with Gasteiger partial charge in [-0.2, -0.15) is 0 Å². The molecule has 0 radical (unpaired) electrons. The van der Waals surface area contributed by atoms with E-state index in [-0.39, 0.29) is 0 Å². The minimum absolute atomic E-state index is 0.600. The van der Waals surface area contributed by atoms with Gasteiger partial charge in [0.2, 0.25) is 0 Å². The quantitative estimate of drug-likeness (QED) is 0.716. The largest absolute Gasteiger partial charge is 0.488 e. The maximum atomic E-state index is 5.81. The van der Waals surface area contributed by atoms with Crippen molar-refractivity contribution in [3.05, 3.63) is 59.0 Å². The van der Waals surface area contributed by atoms with Gasteiger partial charge in [-0.25, -0.2) is 0 Å². The van der Waals surface area contributed by atoms with Gasteiger partial charge in [-0.15, -0.1) is 11.3 Å². The molecular weight excluding hydrogens is 254 g/mol. The predicted molar refractivity (Wildman–Crippen MR) is 81.7 cm³/mol. The van der Waals surface area contributed by atoms with Crippen LogP contribution in [0.5, 0.6) is 5.75 Å². The Balaban J connectivity index is 1.78. The first-order valence-corrected chi connectivity index (χ1v) is 7.00. The van der Waals surface area contributed by atoms with Crippen molar-refractivity contribution in [3.8, 4) is 5.75 Å². The topological polar surface area (TPSA) is 35.2 Å². The summed E-state index contributed by atoms with van der Waals surface area (Å²) in [6, 6.07) is 16.3. The second kappa shape index (κ2) is 4.94. The number of hydrogen-bond acceptors (Lipinski definition) is 3. The molecule has 0 unspecified atom stereocenters. The van der Waals surface area contributed by atoms with Gasteiger partial charge in [0.15, 0.2) is 0 Å². The van der Waals surface area contributed by atoms with Crippen LogP contribution < -0.4 is 10.5 Å². The Morgan fingerprint density at radius 2 is 2.00 bits per heavy atom. The van der Waals surface area contributed by atoms with Crippen LogP contribution >= 0.6 is 11.3 Å². The predicted octanol–water partition coefficient (Wildman–Crippen LogP) is 4.37. The molecule has 0 amide bonds. The lowest BCUT2D eigenvalue weighted by atomic mass is 10.2. The summed E-state index contributed by atoms with van der Waals surface area (Å²) in [5.41, 5.74) is 7.81. The molecule has 1 heterocycles. The van der Waals surface area contributed by atoms with Crippen molar-refractivity contribution in [1.82, 2.24) is 0 Å². The van der Waals surface area contributed by atoms with Gasteiger partial charge < -0.3 is 10.5 Å². The zero-order valence-corrected chi connectivity index (χ0v) is 11.5. The normalized spacial score (nSPS) is 10.8. The third-order valence-electron chi connectivity index (χ3n) is 2.97. The Hall–Kier alpha value is -2.00. The smallest absolute Gasteiger partial charge is 0.122 e. The molecule has 0 saturated heterocycles. The lowest BCUT2D eigenvalue weighted by molar-refractivity contribution is 0.309. The summed E-state index contributed by atoms with van der Waals surface area (Å²) in [5.74, 6) is 0.914. The highest BCUT2D eigenvalue weighted by atomic mass is 32.1. The van der Waals surface area contributed by atoms with Gasteiger partial charge in [-0.3, -0.25) is 0 Å². The van der Waals surface area contributed by atoms with E-state index in [1.807, 2.05) is 30.3 Å². The number of anilines is 1. The highest BCUT2D eigenvalue weighted by molar-refractivity contribution is 7.19. The summed E-state index contributed by atoms with van der Waals surface area (Å²) < 4.78 is 7.02. The van der Waals surface area contributed by atoms with Crippen molar-refractivity contribution in [1.29, 1.82) is 0 Å². The van der Waals surface area contributed by atoms with Crippen LogP contribution in [0.1, 0.15) is 10.4 Å². The summed E-state index contributed by atoms with van der Waals surface area (Å²) in [6.07, 6.45) is 0. The number of nitrogen functional groups attached to an aromatic ring is 1. The van der Waals surface area contributed by atoms with Crippen LogP contribution in [0.3, 0.4) is 0 Å². The number of nitrogens with two attached hydrogens (primary N) is 1. The van der Waals surface area contributed by atoms with Crippen LogP contribution in [0, 0.1) is 6.92 Å². The molecule has 1 aromatic heterocycles. The van der Waals surface area contributed by atoms with Crippen LogP contribution in [0.25, 0.3) is 10.1 Å². The van der Waals surface area contributed by atoms with Gasteiger partial charge >= 0.3 is 0 Å². The van der Waals surface area contributed by atoms with Gasteiger partial charge in [0, 0.05) is 15.3 Å². The van der Waals surface area contributed by atoms with Crippen LogP contribution in [0.4, 0.5) is 5.69 Å². The van der Waals surface area contributed by atoms with Gasteiger partial charge in [0.05, 0.1) is 0 Å². The standard InChI is InChI=1S/C16H15NOS/c1-11-3-2-4-14(7-11)18-10-15-8-12-5-6-13(17)9-16(12)19-15/h2-9H,10,17H2,1H3. The number of rotatable bonds is 3. The van der Waals surface area contributed by atoms with E-state index in [9.17, 15) is 0 Å². The van der Waals surface area contributed by atoms with Crippen LogP contribution in [-0.4, -0.2) is 0 Å². The lowest BCUT2D eigenvalue weighted by Gasteiger charge is -2.04. The number of benzene rings is 2. The number of ether oxygens (including phenoxy) is 1. The highest BCUT2D eigenvalue weighted by Gasteiger charge is 2.03. The third-order valence-corrected chi connectivity index (χ3v) is 4.04. The Morgan fingerprint density at radius 3 is 2.84 bits per heavy atom. The van der Waals surface area contributed by atoms with E-state index in [1.165, 1.54) is 20.5 Å². The second-order valence-electron chi connectivity index (χ2n) is 4.62. The molecule has 3 rings (SSSR count). The Kier molecular flexibility index (Phi) is 3.13. The summed E-state index contributed by atoms with van der Waals surface area (Å²) in [4.78, 5) is 1.21. The van der Waals surface area contributed by atoms with Crippen molar-refractivity contribution in [2.24, 2.45) is 0 Å². The average Bonchev–Trinajstić information content (AvgIpc) is 2.78. The Labute approximate surface area is 116 Å². The van der Waals surface area contributed by atoms with Crippen molar-refractivity contribution in [2.75, 3.05) is 5.73 Å². The molecule has 0 bridgehead atoms. The number of aryl methyl sites for hydroxylation is 1. The first-order valence-electron chi connectivity index (χ1n) is 6.18. The average molecular weight is 269 g/mol. The van der Waals surface area contributed by atoms with Crippen LogP contribution in [0.15, 0.2) is 48.5 Å². The second-order valence-corrected chi connectivity index (χ2v) is 5.78. The maximum Gasteiger partial charge on any atom is 0.122 e. The van der Waals surface area contributed by atoms with E-state index >= 15 is 0 Å². The van der Waals surface area contributed by atoms with E-state index in [2.05, 4.69) is 25.1 Å². The minimum atomic E-state index is 0.600. The number of fused-ring (bicyclic) bond motifs is 1. The minimum Gasteiger partial charge on any atom is -0.488 e. The molecule has 0 aliphatic rings. The third kappa shape index (κ3) is 2.71. The summed E-state index contributed by atoms with van der Waals surface area (Å²) in [6.45, 7) is 2.66. The van der Waals surface area contributed by atoms with Crippen LogP contribution in [0.2, 0.25) is 0 Å². The molecule has 0 aliphatic heterocycles. The first kappa shape index (κ1) is 12.1. The summed E-state index contributed by atoms with van der Waals surface area (Å²) >= 11 is 1.73. The van der Waals surface area contributed by atoms with Gasteiger partial charge in [0.25, 0.3) is 0 Å². The number of hydrogen-bond donors (Lipinski definition) is 1. The molecule has 0 fully saturated rings. The van der Waals surface area contributed by atoms with E-state index < -0.39 is 0 Å². The molecular formula is C16H15NOS. The van der Waals surface area contributed by atoms with Gasteiger partial charge in [0.1, 0.15) is 12.4 Å². The SMILES string of the molecule is Cc1cccc(OCc2cc3ccc(N)cc3s2)c1. The molecule has 2 nitrogen and oxygen atoms in total. The molecule has 19 heavy (non-hydrogen) atoms. The fraction of sp³-hybridized carbons (Fsp3) is 0.125. The molecule has 3 aromatic rings. The van der Waals surface area contributed by atoms with E-state index in [0.717, 1.165) is 11.4 Å². The van der Waals surface area contributed by atoms with Crippen molar-refractivity contribution < 1.29 is 4.74 Å². The monoisotopic (exact) mass is 269 g/mol. The van der Waals surface area contributed by atoms with E-state index in [4.69, 9.17) is 10.5 Å². The van der Waals surface area contributed by atoms with E-state index in [0.29, 0.717) is 6.61 Å². The molecule has 96 valence electrons. The Morgan fingerprint density at radius 1 is 1.11 bits per heavy atom. The van der Waals surface area contributed by atoms with Crippen molar-refractivity contribution in [2.45, 2.75) is 13.5 Å². The zero-order valence-electron chi connectivity index (χ0n) is 10.7. The molecule has 2 aromatic carbocycles. The molecule has 0 atom stereocenters. The van der Waals surface area contributed by atoms with E-state index in [1.54, 1.807) is 11.3 Å². The molecule has 2 N–H and O–H groups in total. The number of thiophene rings is 1. The van der Waals surface area contributed by atoms with Gasteiger partial charge in [-0.1, -0.05) is 18.2 Å². The van der Waals surface area contributed by atoms with Crippen molar-refractivity contribution >= 4 is 27.1 Å². The molecule has 3 heteroatoms. The maximum absolute atomic E-state index is 5.81. The fourth-order valence-corrected chi connectivity index (χ4v) is 3.06. The summed E-state index contributed by atoms with van der Waals surface area (Å²) in [7, 11) is 0. The summed E-state index contributed by atoms with van der Waals surface area (Å²) in [5, 5.41) is 1.22. The highest BCUT2D eigenvalue weighted by Crippen LogP contribution is 2.28. The molecule has 0 aliphatic carbocycles. The lowest BCUT2D eigenvalue weighted by Crippen LogP contribution is -1.92. The molecule has 0 saturated carbocycles. The fourth-order valence-electron chi connectivity index (χ4n) is 2.03. The van der Waals surface area contributed by atoms with Crippen LogP contribution in [-0.2, 0) is 6.61 Å². The molecule has 0 spiro atoms. The van der Waals surface area contributed by atoms with Gasteiger partial charge in [-0.05, 0) is 48.2 Å². The zero-order chi connectivity index (χ0) is 13.2. The Bertz CT molecular complexity index is 718.